The minimum absolute atomic E-state index is 0.389. The van der Waals surface area contributed by atoms with Crippen molar-refractivity contribution in [3.8, 4) is 0 Å². The molecule has 0 saturated heterocycles. The molecule has 0 saturated carbocycles. The van der Waals surface area contributed by atoms with Crippen LogP contribution in [0.5, 0.6) is 0 Å². The molecule has 1 heterocycles. The number of aromatic nitrogens is 2. The molecule has 1 rings (SSSR count). The minimum atomic E-state index is 0.389. The Kier molecular flexibility index (Phi) is 4.54. The van der Waals surface area contributed by atoms with E-state index in [1.807, 2.05) is 6.33 Å². The monoisotopic (exact) mass is 223 g/mol. The molecule has 0 atom stereocenters. The van der Waals surface area contributed by atoms with Crippen LogP contribution in [0.1, 0.15) is 46.7 Å². The highest BCUT2D eigenvalue weighted by Gasteiger charge is 2.10. The second kappa shape index (κ2) is 5.48. The third-order valence-corrected chi connectivity index (χ3v) is 2.50. The summed E-state index contributed by atoms with van der Waals surface area (Å²) in [6.07, 6.45) is 5.25. The first-order valence-corrected chi connectivity index (χ1v) is 6.11. The van der Waals surface area contributed by atoms with Gasteiger partial charge in [0.2, 0.25) is 0 Å². The van der Waals surface area contributed by atoms with Crippen molar-refractivity contribution in [2.45, 2.75) is 60.2 Å². The molecule has 3 nitrogen and oxygen atoms in total. The highest BCUT2D eigenvalue weighted by atomic mass is 15.0. The number of aryl methyl sites for hydroxylation is 1. The van der Waals surface area contributed by atoms with E-state index in [1.54, 1.807) is 0 Å². The molecule has 0 unspecified atom stereocenters. The van der Waals surface area contributed by atoms with Gasteiger partial charge in [0.15, 0.2) is 0 Å². The maximum absolute atomic E-state index is 4.39. The molecule has 1 N–H and O–H groups in total. The summed E-state index contributed by atoms with van der Waals surface area (Å²) in [6.45, 7) is 13.0. The molecule has 0 aliphatic heterocycles. The van der Waals surface area contributed by atoms with Gasteiger partial charge in [-0.15, -0.1) is 0 Å². The van der Waals surface area contributed by atoms with Crippen LogP contribution >= 0.6 is 0 Å². The van der Waals surface area contributed by atoms with Gasteiger partial charge in [-0.05, 0) is 11.8 Å². The van der Waals surface area contributed by atoms with Crippen molar-refractivity contribution in [2.75, 3.05) is 0 Å². The molecular formula is C13H25N3. The van der Waals surface area contributed by atoms with Gasteiger partial charge in [-0.2, -0.15) is 0 Å². The molecule has 0 bridgehead atoms. The third-order valence-electron chi connectivity index (χ3n) is 2.50. The predicted molar refractivity (Wildman–Crippen MR) is 68.3 cm³/mol. The Labute approximate surface area is 99.3 Å². The maximum Gasteiger partial charge on any atom is 0.0949 e. The van der Waals surface area contributed by atoms with Crippen molar-refractivity contribution in [1.29, 1.82) is 0 Å². The van der Waals surface area contributed by atoms with Crippen LogP contribution in [0.15, 0.2) is 12.5 Å². The van der Waals surface area contributed by atoms with Crippen LogP contribution in [0, 0.1) is 5.41 Å². The van der Waals surface area contributed by atoms with E-state index < -0.39 is 0 Å². The first-order chi connectivity index (χ1) is 7.37. The van der Waals surface area contributed by atoms with Gasteiger partial charge in [0.05, 0.1) is 12.0 Å². The fraction of sp³-hybridized carbons (Fsp3) is 0.769. The van der Waals surface area contributed by atoms with Crippen LogP contribution in [0.4, 0.5) is 0 Å². The SMILES string of the molecule is CC(C)NCc1cn(CCC(C)(C)C)cn1. The Morgan fingerprint density at radius 1 is 1.38 bits per heavy atom. The lowest BCUT2D eigenvalue weighted by Gasteiger charge is -2.17. The Balaban J connectivity index is 2.39. The molecule has 1 aromatic heterocycles. The highest BCUT2D eigenvalue weighted by molar-refractivity contribution is 4.96. The molecule has 0 aliphatic rings. The maximum atomic E-state index is 4.39. The fourth-order valence-electron chi connectivity index (χ4n) is 1.39. The molecular weight excluding hydrogens is 198 g/mol. The summed E-state index contributed by atoms with van der Waals surface area (Å²) in [7, 11) is 0. The van der Waals surface area contributed by atoms with E-state index >= 15 is 0 Å². The molecule has 0 radical (unpaired) electrons. The average Bonchev–Trinajstić information content (AvgIpc) is 2.58. The highest BCUT2D eigenvalue weighted by Crippen LogP contribution is 2.19. The molecule has 3 heteroatoms. The molecule has 92 valence electrons. The van der Waals surface area contributed by atoms with E-state index in [0.29, 0.717) is 11.5 Å². The summed E-state index contributed by atoms with van der Waals surface area (Å²) >= 11 is 0. The van der Waals surface area contributed by atoms with E-state index in [1.165, 1.54) is 6.42 Å². The topological polar surface area (TPSA) is 29.9 Å². The zero-order chi connectivity index (χ0) is 12.2. The Hall–Kier alpha value is -0.830. The number of nitrogens with one attached hydrogen (secondary N) is 1. The van der Waals surface area contributed by atoms with Crippen LogP contribution in [-0.2, 0) is 13.1 Å². The van der Waals surface area contributed by atoms with Gasteiger partial charge in [0, 0.05) is 25.3 Å². The third kappa shape index (κ3) is 5.31. The fourth-order valence-corrected chi connectivity index (χ4v) is 1.39. The molecule has 1 aromatic rings. The van der Waals surface area contributed by atoms with E-state index in [9.17, 15) is 0 Å². The summed E-state index contributed by atoms with van der Waals surface area (Å²) in [5, 5.41) is 3.37. The molecule has 0 fully saturated rings. The second-order valence-corrected chi connectivity index (χ2v) is 5.95. The summed E-state index contributed by atoms with van der Waals surface area (Å²) in [4.78, 5) is 4.39. The Morgan fingerprint density at radius 3 is 2.62 bits per heavy atom. The first-order valence-electron chi connectivity index (χ1n) is 6.11. The van der Waals surface area contributed by atoms with Crippen molar-refractivity contribution < 1.29 is 0 Å². The second-order valence-electron chi connectivity index (χ2n) is 5.95. The number of hydrogen-bond acceptors (Lipinski definition) is 2. The van der Waals surface area contributed by atoms with Gasteiger partial charge in [0.1, 0.15) is 0 Å². The van der Waals surface area contributed by atoms with Crippen molar-refractivity contribution in [3.63, 3.8) is 0 Å². The number of nitrogens with zero attached hydrogens (tertiary/aromatic N) is 2. The molecule has 16 heavy (non-hydrogen) atoms. The van der Waals surface area contributed by atoms with Crippen molar-refractivity contribution >= 4 is 0 Å². The standard InChI is InChI=1S/C13H25N3/c1-11(2)14-8-12-9-16(10-15-12)7-6-13(3,4)5/h9-11,14H,6-8H2,1-5H3. The summed E-state index contributed by atoms with van der Waals surface area (Å²) < 4.78 is 2.18. The summed E-state index contributed by atoms with van der Waals surface area (Å²) in [5.41, 5.74) is 1.52. The summed E-state index contributed by atoms with van der Waals surface area (Å²) in [5.74, 6) is 0. The zero-order valence-corrected chi connectivity index (χ0v) is 11.2. The van der Waals surface area contributed by atoms with Crippen molar-refractivity contribution in [2.24, 2.45) is 5.41 Å². The van der Waals surface area contributed by atoms with Crippen LogP contribution in [0.25, 0.3) is 0 Å². The van der Waals surface area contributed by atoms with Gasteiger partial charge in [-0.1, -0.05) is 34.6 Å². The Bertz CT molecular complexity index is 307. The van der Waals surface area contributed by atoms with Gasteiger partial charge >= 0.3 is 0 Å². The van der Waals surface area contributed by atoms with Gasteiger partial charge in [0.25, 0.3) is 0 Å². The normalized spacial score (nSPS) is 12.4. The van der Waals surface area contributed by atoms with E-state index in [4.69, 9.17) is 0 Å². The van der Waals surface area contributed by atoms with Crippen LogP contribution < -0.4 is 5.32 Å². The first kappa shape index (κ1) is 13.2. The zero-order valence-electron chi connectivity index (χ0n) is 11.2. The number of imidazole rings is 1. The molecule has 0 amide bonds. The Morgan fingerprint density at radius 2 is 2.06 bits per heavy atom. The lowest BCUT2D eigenvalue weighted by Crippen LogP contribution is -2.21. The van der Waals surface area contributed by atoms with Crippen molar-refractivity contribution in [1.82, 2.24) is 14.9 Å². The van der Waals surface area contributed by atoms with E-state index in [-0.39, 0.29) is 0 Å². The minimum Gasteiger partial charge on any atom is -0.337 e. The largest absolute Gasteiger partial charge is 0.337 e. The number of rotatable bonds is 5. The van der Waals surface area contributed by atoms with Gasteiger partial charge in [-0.3, -0.25) is 0 Å². The number of hydrogen-bond donors (Lipinski definition) is 1. The summed E-state index contributed by atoms with van der Waals surface area (Å²) in [6, 6.07) is 0.514. The van der Waals surface area contributed by atoms with Crippen LogP contribution in [0.3, 0.4) is 0 Å². The van der Waals surface area contributed by atoms with Crippen molar-refractivity contribution in [3.05, 3.63) is 18.2 Å². The quantitative estimate of drug-likeness (QED) is 0.832. The van der Waals surface area contributed by atoms with Gasteiger partial charge in [-0.25, -0.2) is 4.98 Å². The van der Waals surface area contributed by atoms with Crippen LogP contribution in [-0.4, -0.2) is 15.6 Å². The lowest BCUT2D eigenvalue weighted by atomic mass is 9.92. The van der Waals surface area contributed by atoms with E-state index in [0.717, 1.165) is 18.8 Å². The molecule has 0 aromatic carbocycles. The van der Waals surface area contributed by atoms with Gasteiger partial charge < -0.3 is 9.88 Å². The van der Waals surface area contributed by atoms with Crippen LogP contribution in [0.2, 0.25) is 0 Å². The molecule has 0 aliphatic carbocycles. The average molecular weight is 223 g/mol. The predicted octanol–water partition coefficient (Wildman–Crippen LogP) is 2.82. The van der Waals surface area contributed by atoms with E-state index in [2.05, 4.69) is 55.7 Å². The lowest BCUT2D eigenvalue weighted by molar-refractivity contribution is 0.350. The molecule has 0 spiro atoms. The smallest absolute Gasteiger partial charge is 0.0949 e.